The van der Waals surface area contributed by atoms with Crippen LogP contribution in [0.3, 0.4) is 0 Å². The molecule has 1 aromatic heterocycles. The third kappa shape index (κ3) is 6.12. The highest BCUT2D eigenvalue weighted by Gasteiger charge is 2.21. The minimum Gasteiger partial charge on any atom is -0.377 e. The fourth-order valence-corrected chi connectivity index (χ4v) is 3.65. The Morgan fingerprint density at radius 1 is 1.23 bits per heavy atom. The number of carbonyl (C=O) groups excluding carboxylic acids is 1. The first-order chi connectivity index (χ1) is 13.9. The Kier molecular flexibility index (Phi) is 7.76. The lowest BCUT2D eigenvalue weighted by molar-refractivity contribution is 0.00516. The SMILES string of the molecule is COC(C)(C)Cn1ccc(S(=O)NC(=O)Nc2c(C(C)C)cc(F)cc2C(C)C)n1. The Hall–Kier alpha value is -2.26. The van der Waals surface area contributed by atoms with Gasteiger partial charge in [0.2, 0.25) is 0 Å². The highest BCUT2D eigenvalue weighted by molar-refractivity contribution is 7.83. The van der Waals surface area contributed by atoms with E-state index in [9.17, 15) is 13.4 Å². The second kappa shape index (κ2) is 9.70. The minimum absolute atomic E-state index is 0.00108. The zero-order valence-corrected chi connectivity index (χ0v) is 19.4. The van der Waals surface area contributed by atoms with Crippen LogP contribution in [0.1, 0.15) is 64.5 Å². The Bertz CT molecular complexity index is 896. The van der Waals surface area contributed by atoms with Crippen molar-refractivity contribution in [1.82, 2.24) is 14.5 Å². The molecule has 9 heteroatoms. The molecule has 2 N–H and O–H groups in total. The van der Waals surface area contributed by atoms with E-state index in [2.05, 4.69) is 15.1 Å². The molecule has 166 valence electrons. The molecule has 0 spiro atoms. The predicted molar refractivity (Wildman–Crippen MR) is 116 cm³/mol. The molecule has 0 radical (unpaired) electrons. The Balaban J connectivity index is 2.16. The lowest BCUT2D eigenvalue weighted by atomic mass is 9.92. The first-order valence-corrected chi connectivity index (χ1v) is 11.0. The van der Waals surface area contributed by atoms with Crippen LogP contribution in [0.2, 0.25) is 0 Å². The molecule has 2 aromatic rings. The van der Waals surface area contributed by atoms with E-state index in [1.165, 1.54) is 12.1 Å². The molecule has 7 nitrogen and oxygen atoms in total. The van der Waals surface area contributed by atoms with Crippen LogP contribution in [0.4, 0.5) is 14.9 Å². The summed E-state index contributed by atoms with van der Waals surface area (Å²) in [7, 11) is -0.233. The average molecular weight is 439 g/mol. The second-order valence-electron chi connectivity index (χ2n) is 8.41. The van der Waals surface area contributed by atoms with Crippen molar-refractivity contribution in [3.8, 4) is 0 Å². The second-order valence-corrected chi connectivity index (χ2v) is 9.57. The average Bonchev–Trinajstić information content (AvgIpc) is 3.10. The van der Waals surface area contributed by atoms with Crippen LogP contribution in [-0.4, -0.2) is 32.7 Å². The number of aromatic nitrogens is 2. The van der Waals surface area contributed by atoms with Crippen molar-refractivity contribution in [1.29, 1.82) is 0 Å². The number of rotatable bonds is 8. The molecule has 0 aliphatic rings. The number of nitrogens with one attached hydrogen (secondary N) is 2. The van der Waals surface area contributed by atoms with Gasteiger partial charge in [0, 0.05) is 19.0 Å². The Morgan fingerprint density at radius 2 is 1.80 bits per heavy atom. The number of nitrogens with zero attached hydrogens (tertiary/aromatic N) is 2. The van der Waals surface area contributed by atoms with E-state index in [0.717, 1.165) is 0 Å². The van der Waals surface area contributed by atoms with E-state index in [4.69, 9.17) is 4.74 Å². The van der Waals surface area contributed by atoms with E-state index in [0.29, 0.717) is 23.4 Å². The molecule has 2 amide bonds. The van der Waals surface area contributed by atoms with Crippen molar-refractivity contribution in [2.45, 2.75) is 70.6 Å². The number of amides is 2. The van der Waals surface area contributed by atoms with Gasteiger partial charge in [0.1, 0.15) is 5.82 Å². The summed E-state index contributed by atoms with van der Waals surface area (Å²) < 4.78 is 36.0. The van der Waals surface area contributed by atoms with Gasteiger partial charge in [0.15, 0.2) is 16.0 Å². The Labute approximate surface area is 180 Å². The summed E-state index contributed by atoms with van der Waals surface area (Å²) >= 11 is 0. The molecule has 0 aliphatic heterocycles. The number of hydrogen-bond acceptors (Lipinski definition) is 4. The van der Waals surface area contributed by atoms with Gasteiger partial charge >= 0.3 is 6.03 Å². The Morgan fingerprint density at radius 3 is 2.30 bits per heavy atom. The highest BCUT2D eigenvalue weighted by atomic mass is 32.2. The third-order valence-corrected chi connectivity index (χ3v) is 5.70. The smallest absolute Gasteiger partial charge is 0.331 e. The topological polar surface area (TPSA) is 85.2 Å². The van der Waals surface area contributed by atoms with E-state index in [1.807, 2.05) is 41.5 Å². The fourth-order valence-electron chi connectivity index (χ4n) is 2.97. The van der Waals surface area contributed by atoms with Gasteiger partial charge in [-0.1, -0.05) is 27.7 Å². The minimum atomic E-state index is -1.84. The molecule has 0 saturated carbocycles. The first kappa shape index (κ1) is 24.0. The van der Waals surface area contributed by atoms with Gasteiger partial charge in [0.05, 0.1) is 12.1 Å². The zero-order valence-electron chi connectivity index (χ0n) is 18.6. The van der Waals surface area contributed by atoms with Gasteiger partial charge in [-0.15, -0.1) is 0 Å². The number of benzene rings is 1. The lowest BCUT2D eigenvalue weighted by Gasteiger charge is -2.22. The summed E-state index contributed by atoms with van der Waals surface area (Å²) in [4.78, 5) is 12.5. The van der Waals surface area contributed by atoms with Crippen molar-refractivity contribution in [3.05, 3.63) is 41.3 Å². The highest BCUT2D eigenvalue weighted by Crippen LogP contribution is 2.33. The van der Waals surface area contributed by atoms with Gasteiger partial charge in [-0.05, 0) is 55.0 Å². The molecule has 1 atom stereocenters. The molecular weight excluding hydrogens is 407 g/mol. The monoisotopic (exact) mass is 438 g/mol. The first-order valence-electron chi connectivity index (χ1n) is 9.85. The van der Waals surface area contributed by atoms with Gasteiger partial charge in [-0.25, -0.2) is 13.4 Å². The molecular formula is C21H31FN4O3S. The van der Waals surface area contributed by atoms with Crippen molar-refractivity contribution in [2.24, 2.45) is 0 Å². The van der Waals surface area contributed by atoms with Crippen LogP contribution in [0.15, 0.2) is 29.4 Å². The number of anilines is 1. The molecule has 30 heavy (non-hydrogen) atoms. The van der Waals surface area contributed by atoms with Crippen molar-refractivity contribution >= 4 is 22.7 Å². The summed E-state index contributed by atoms with van der Waals surface area (Å²) in [6, 6.07) is 3.78. The largest absolute Gasteiger partial charge is 0.377 e. The molecule has 1 aromatic carbocycles. The molecule has 1 unspecified atom stereocenters. The van der Waals surface area contributed by atoms with Crippen LogP contribution in [0, 0.1) is 5.82 Å². The maximum atomic E-state index is 14.0. The summed E-state index contributed by atoms with van der Waals surface area (Å²) in [6.07, 6.45) is 1.68. The van der Waals surface area contributed by atoms with Crippen LogP contribution in [0.25, 0.3) is 0 Å². The fraction of sp³-hybridized carbons (Fsp3) is 0.524. The van der Waals surface area contributed by atoms with Gasteiger partial charge in [0.25, 0.3) is 0 Å². The third-order valence-electron chi connectivity index (χ3n) is 4.73. The van der Waals surface area contributed by atoms with Gasteiger partial charge in [-0.3, -0.25) is 9.40 Å². The van der Waals surface area contributed by atoms with Gasteiger partial charge < -0.3 is 10.1 Å². The van der Waals surface area contributed by atoms with Crippen molar-refractivity contribution < 1.29 is 18.1 Å². The zero-order chi connectivity index (χ0) is 22.6. The van der Waals surface area contributed by atoms with Crippen molar-refractivity contribution in [2.75, 3.05) is 12.4 Å². The summed E-state index contributed by atoms with van der Waals surface area (Å²) in [5.41, 5.74) is 1.48. The van der Waals surface area contributed by atoms with Crippen LogP contribution < -0.4 is 10.0 Å². The molecule has 0 fully saturated rings. The van der Waals surface area contributed by atoms with E-state index in [1.54, 1.807) is 24.1 Å². The predicted octanol–water partition coefficient (Wildman–Crippen LogP) is 4.54. The van der Waals surface area contributed by atoms with E-state index < -0.39 is 22.6 Å². The molecule has 1 heterocycles. The van der Waals surface area contributed by atoms with Crippen LogP contribution in [-0.2, 0) is 22.3 Å². The summed E-state index contributed by atoms with van der Waals surface area (Å²) in [5.74, 6) is -0.348. The number of carbonyl (C=O) groups is 1. The maximum absolute atomic E-state index is 14.0. The number of hydrogen-bond donors (Lipinski definition) is 2. The molecule has 2 rings (SSSR count). The molecule has 0 saturated heterocycles. The number of ether oxygens (including phenoxy) is 1. The van der Waals surface area contributed by atoms with Crippen LogP contribution in [0.5, 0.6) is 0 Å². The summed E-state index contributed by atoms with van der Waals surface area (Å²) in [5, 5.41) is 7.24. The summed E-state index contributed by atoms with van der Waals surface area (Å²) in [6.45, 7) is 12.0. The lowest BCUT2D eigenvalue weighted by Crippen LogP contribution is -2.32. The standard InChI is InChI=1S/C21H31FN4O3S/c1-13(2)16-10-15(22)11-17(14(3)4)19(16)23-20(27)25-30(28)18-8-9-26(24-18)12-21(5,6)29-7/h8-11,13-14H,12H2,1-7H3,(H2,23,25,27). The molecule has 0 aliphatic carbocycles. The van der Waals surface area contributed by atoms with Crippen LogP contribution >= 0.6 is 0 Å². The quantitative estimate of drug-likeness (QED) is 0.634. The normalized spacial score (nSPS) is 13.0. The van der Waals surface area contributed by atoms with Crippen molar-refractivity contribution in [3.63, 3.8) is 0 Å². The molecule has 0 bridgehead atoms. The number of methoxy groups -OCH3 is 1. The number of halogens is 1. The van der Waals surface area contributed by atoms with E-state index >= 15 is 0 Å². The van der Waals surface area contributed by atoms with E-state index in [-0.39, 0.29) is 22.7 Å². The van der Waals surface area contributed by atoms with Gasteiger partial charge in [-0.2, -0.15) is 5.10 Å². The number of urea groups is 1. The maximum Gasteiger partial charge on any atom is 0.331 e.